The Kier molecular flexibility index (Phi) is 2.95. The summed E-state index contributed by atoms with van der Waals surface area (Å²) in [5.41, 5.74) is 1.01. The van der Waals surface area contributed by atoms with Gasteiger partial charge in [-0.3, -0.25) is 4.57 Å². The highest BCUT2D eigenvalue weighted by atomic mass is 35.5. The molecule has 0 radical (unpaired) electrons. The maximum Gasteiger partial charge on any atom is 0.151 e. The Labute approximate surface area is 113 Å². The SMILES string of the molecule is Fc1ccccc1-n1c(CCl)nc2c(F)cccc21. The molecule has 0 saturated heterocycles. The molecule has 1 aromatic heterocycles. The number of benzene rings is 2. The summed E-state index contributed by atoms with van der Waals surface area (Å²) in [6.07, 6.45) is 0. The molecule has 2 aromatic carbocycles. The van der Waals surface area contributed by atoms with E-state index in [0.29, 0.717) is 17.0 Å². The van der Waals surface area contributed by atoms with Crippen LogP contribution in [0.4, 0.5) is 8.78 Å². The monoisotopic (exact) mass is 278 g/mol. The average molecular weight is 279 g/mol. The van der Waals surface area contributed by atoms with Crippen LogP contribution in [-0.2, 0) is 5.88 Å². The highest BCUT2D eigenvalue weighted by Crippen LogP contribution is 2.25. The lowest BCUT2D eigenvalue weighted by molar-refractivity contribution is 0.617. The van der Waals surface area contributed by atoms with Crippen LogP contribution in [0.5, 0.6) is 0 Å². The van der Waals surface area contributed by atoms with Crippen molar-refractivity contribution in [3.63, 3.8) is 0 Å². The molecule has 3 rings (SSSR count). The van der Waals surface area contributed by atoms with Crippen LogP contribution in [0.1, 0.15) is 5.82 Å². The Balaban J connectivity index is 2.40. The van der Waals surface area contributed by atoms with E-state index in [2.05, 4.69) is 4.98 Å². The van der Waals surface area contributed by atoms with Crippen molar-refractivity contribution in [2.45, 2.75) is 5.88 Å². The van der Waals surface area contributed by atoms with Gasteiger partial charge in [0.2, 0.25) is 0 Å². The summed E-state index contributed by atoms with van der Waals surface area (Å²) in [7, 11) is 0. The van der Waals surface area contributed by atoms with E-state index in [4.69, 9.17) is 11.6 Å². The van der Waals surface area contributed by atoms with Crippen molar-refractivity contribution in [3.8, 4) is 5.69 Å². The Morgan fingerprint density at radius 1 is 1.00 bits per heavy atom. The Bertz CT molecular complexity index is 752. The Morgan fingerprint density at radius 3 is 2.47 bits per heavy atom. The van der Waals surface area contributed by atoms with E-state index >= 15 is 0 Å². The van der Waals surface area contributed by atoms with Crippen LogP contribution in [0, 0.1) is 11.6 Å². The van der Waals surface area contributed by atoms with Gasteiger partial charge < -0.3 is 0 Å². The first-order valence-corrected chi connectivity index (χ1v) is 6.22. The van der Waals surface area contributed by atoms with Crippen molar-refractivity contribution in [1.29, 1.82) is 0 Å². The number of para-hydroxylation sites is 2. The van der Waals surface area contributed by atoms with Crippen LogP contribution < -0.4 is 0 Å². The maximum atomic E-state index is 13.9. The predicted octanol–water partition coefficient (Wildman–Crippen LogP) is 4.04. The highest BCUT2D eigenvalue weighted by molar-refractivity contribution is 6.17. The lowest BCUT2D eigenvalue weighted by Gasteiger charge is -2.08. The maximum absolute atomic E-state index is 13.9. The Morgan fingerprint density at radius 2 is 1.74 bits per heavy atom. The number of hydrogen-bond acceptors (Lipinski definition) is 1. The lowest BCUT2D eigenvalue weighted by atomic mass is 10.2. The minimum atomic E-state index is -0.445. The number of imidazole rings is 1. The summed E-state index contributed by atoms with van der Waals surface area (Å²) in [6.45, 7) is 0. The van der Waals surface area contributed by atoms with E-state index in [0.717, 1.165) is 0 Å². The zero-order valence-electron chi connectivity index (χ0n) is 9.78. The molecule has 0 aliphatic heterocycles. The largest absolute Gasteiger partial charge is 0.292 e. The van der Waals surface area contributed by atoms with Crippen molar-refractivity contribution in [2.75, 3.05) is 0 Å². The third kappa shape index (κ3) is 1.88. The molecule has 5 heteroatoms. The summed E-state index contributed by atoms with van der Waals surface area (Å²) in [5, 5.41) is 0. The van der Waals surface area contributed by atoms with Crippen LogP contribution in [0.3, 0.4) is 0 Å². The minimum Gasteiger partial charge on any atom is -0.292 e. The van der Waals surface area contributed by atoms with Crippen LogP contribution in [0.15, 0.2) is 42.5 Å². The van der Waals surface area contributed by atoms with Crippen molar-refractivity contribution >= 4 is 22.6 Å². The second-order valence-corrected chi connectivity index (χ2v) is 4.32. The molecule has 0 bridgehead atoms. The molecule has 0 amide bonds. The molecule has 0 saturated carbocycles. The quantitative estimate of drug-likeness (QED) is 0.647. The number of halogens is 3. The standard InChI is InChI=1S/C14H9ClF2N2/c15-8-13-18-14-10(17)5-3-7-12(14)19(13)11-6-2-1-4-9(11)16/h1-7H,8H2. The second kappa shape index (κ2) is 4.63. The van der Waals surface area contributed by atoms with E-state index in [1.54, 1.807) is 34.9 Å². The first-order chi connectivity index (χ1) is 9.22. The van der Waals surface area contributed by atoms with E-state index in [9.17, 15) is 8.78 Å². The van der Waals surface area contributed by atoms with Gasteiger partial charge >= 0.3 is 0 Å². The fraction of sp³-hybridized carbons (Fsp3) is 0.0714. The first-order valence-electron chi connectivity index (χ1n) is 5.69. The zero-order valence-corrected chi connectivity index (χ0v) is 10.5. The van der Waals surface area contributed by atoms with E-state index in [1.165, 1.54) is 12.1 Å². The smallest absolute Gasteiger partial charge is 0.151 e. The van der Waals surface area contributed by atoms with Gasteiger partial charge in [-0.05, 0) is 24.3 Å². The summed E-state index contributed by atoms with van der Waals surface area (Å²) in [6, 6.07) is 10.8. The molecule has 1 heterocycles. The van der Waals surface area contributed by atoms with Gasteiger partial charge in [-0.25, -0.2) is 13.8 Å². The normalized spacial score (nSPS) is 11.1. The van der Waals surface area contributed by atoms with E-state index < -0.39 is 11.6 Å². The van der Waals surface area contributed by atoms with Gasteiger partial charge in [0.25, 0.3) is 0 Å². The van der Waals surface area contributed by atoms with E-state index in [1.807, 2.05) is 0 Å². The van der Waals surface area contributed by atoms with Crippen molar-refractivity contribution in [3.05, 3.63) is 59.9 Å². The van der Waals surface area contributed by atoms with Gasteiger partial charge in [0.15, 0.2) is 5.82 Å². The molecular formula is C14H9ClF2N2. The van der Waals surface area contributed by atoms with E-state index in [-0.39, 0.29) is 11.4 Å². The van der Waals surface area contributed by atoms with Gasteiger partial charge in [-0.1, -0.05) is 18.2 Å². The molecule has 0 unspecified atom stereocenters. The molecule has 0 atom stereocenters. The summed E-state index contributed by atoms with van der Waals surface area (Å²) in [5.74, 6) is -0.370. The predicted molar refractivity (Wildman–Crippen MR) is 70.5 cm³/mol. The first kappa shape index (κ1) is 12.1. The zero-order chi connectivity index (χ0) is 13.4. The molecule has 0 spiro atoms. The number of nitrogens with zero attached hydrogens (tertiary/aromatic N) is 2. The van der Waals surface area contributed by atoms with Gasteiger partial charge in [-0.2, -0.15) is 0 Å². The van der Waals surface area contributed by atoms with Crippen LogP contribution >= 0.6 is 11.6 Å². The van der Waals surface area contributed by atoms with Gasteiger partial charge in [0.05, 0.1) is 17.1 Å². The van der Waals surface area contributed by atoms with Gasteiger partial charge in [0.1, 0.15) is 17.2 Å². The minimum absolute atomic E-state index is 0.0719. The summed E-state index contributed by atoms with van der Waals surface area (Å²) < 4.78 is 29.2. The number of rotatable bonds is 2. The second-order valence-electron chi connectivity index (χ2n) is 4.06. The fourth-order valence-corrected chi connectivity index (χ4v) is 2.28. The van der Waals surface area contributed by atoms with Crippen LogP contribution in [0.25, 0.3) is 16.7 Å². The van der Waals surface area contributed by atoms with Crippen LogP contribution in [0.2, 0.25) is 0 Å². The number of hydrogen-bond donors (Lipinski definition) is 0. The molecular weight excluding hydrogens is 270 g/mol. The number of alkyl halides is 1. The molecule has 96 valence electrons. The Hall–Kier alpha value is -1.94. The molecule has 19 heavy (non-hydrogen) atoms. The van der Waals surface area contributed by atoms with Crippen molar-refractivity contribution in [2.24, 2.45) is 0 Å². The van der Waals surface area contributed by atoms with Gasteiger partial charge in [0, 0.05) is 0 Å². The molecule has 0 aliphatic carbocycles. The molecule has 0 N–H and O–H groups in total. The molecule has 3 aromatic rings. The summed E-state index contributed by atoms with van der Waals surface area (Å²) in [4.78, 5) is 4.14. The van der Waals surface area contributed by atoms with Crippen LogP contribution in [-0.4, -0.2) is 9.55 Å². The molecule has 0 aliphatic rings. The lowest BCUT2D eigenvalue weighted by Crippen LogP contribution is -2.01. The summed E-state index contributed by atoms with van der Waals surface area (Å²) >= 11 is 5.83. The topological polar surface area (TPSA) is 17.8 Å². The average Bonchev–Trinajstić information content (AvgIpc) is 2.79. The molecule has 2 nitrogen and oxygen atoms in total. The third-order valence-electron chi connectivity index (χ3n) is 2.92. The molecule has 0 fully saturated rings. The number of fused-ring (bicyclic) bond motifs is 1. The van der Waals surface area contributed by atoms with Gasteiger partial charge in [-0.15, -0.1) is 11.6 Å². The van der Waals surface area contributed by atoms with Crippen molar-refractivity contribution < 1.29 is 8.78 Å². The third-order valence-corrected chi connectivity index (χ3v) is 3.16. The number of aromatic nitrogens is 2. The van der Waals surface area contributed by atoms with Crippen molar-refractivity contribution in [1.82, 2.24) is 9.55 Å². The highest BCUT2D eigenvalue weighted by Gasteiger charge is 2.16. The fourth-order valence-electron chi connectivity index (χ4n) is 2.10.